The minimum atomic E-state index is 0.170. The second-order valence-electron chi connectivity index (χ2n) is 5.03. The Morgan fingerprint density at radius 2 is 1.94 bits per heavy atom. The zero-order chi connectivity index (χ0) is 11.5. The molecule has 16 heavy (non-hydrogen) atoms. The topological polar surface area (TPSA) is 41.6 Å². The van der Waals surface area contributed by atoms with Crippen LogP contribution in [0.1, 0.15) is 33.1 Å². The van der Waals surface area contributed by atoms with E-state index in [4.69, 9.17) is 4.74 Å². The van der Waals surface area contributed by atoms with Crippen molar-refractivity contribution in [1.29, 1.82) is 0 Å². The summed E-state index contributed by atoms with van der Waals surface area (Å²) < 4.78 is 5.61. The molecule has 0 radical (unpaired) electrons. The van der Waals surface area contributed by atoms with E-state index >= 15 is 0 Å². The molecule has 1 saturated carbocycles. The van der Waals surface area contributed by atoms with Gasteiger partial charge in [0.1, 0.15) is 0 Å². The van der Waals surface area contributed by atoms with Crippen LogP contribution in [0, 0.1) is 0 Å². The van der Waals surface area contributed by atoms with E-state index in [-0.39, 0.29) is 18.1 Å². The third kappa shape index (κ3) is 3.46. The molecule has 4 heteroatoms. The molecule has 0 aromatic heterocycles. The summed E-state index contributed by atoms with van der Waals surface area (Å²) in [5.74, 6) is 0.259. The maximum absolute atomic E-state index is 11.9. The van der Waals surface area contributed by atoms with Crippen molar-refractivity contribution in [3.8, 4) is 0 Å². The van der Waals surface area contributed by atoms with Gasteiger partial charge in [0, 0.05) is 32.1 Å². The zero-order valence-corrected chi connectivity index (χ0v) is 10.2. The van der Waals surface area contributed by atoms with Crippen LogP contribution in [0.15, 0.2) is 0 Å². The number of carbonyl (C=O) groups is 1. The summed E-state index contributed by atoms with van der Waals surface area (Å²) in [7, 11) is 0. The first-order chi connectivity index (χ1) is 7.65. The van der Waals surface area contributed by atoms with Gasteiger partial charge < -0.3 is 15.0 Å². The molecule has 4 nitrogen and oxygen atoms in total. The number of ether oxygens (including phenoxy) is 1. The monoisotopic (exact) mass is 226 g/mol. The molecule has 1 heterocycles. The van der Waals surface area contributed by atoms with Crippen molar-refractivity contribution in [2.45, 2.75) is 51.4 Å². The molecule has 2 aliphatic rings. The van der Waals surface area contributed by atoms with E-state index in [2.05, 4.69) is 5.32 Å². The van der Waals surface area contributed by atoms with Crippen molar-refractivity contribution >= 4 is 5.91 Å². The molecule has 92 valence electrons. The summed E-state index contributed by atoms with van der Waals surface area (Å²) in [6.45, 7) is 6.36. The van der Waals surface area contributed by atoms with Gasteiger partial charge in [-0.15, -0.1) is 0 Å². The van der Waals surface area contributed by atoms with Gasteiger partial charge in [-0.25, -0.2) is 0 Å². The number of carbonyl (C=O) groups excluding carboxylic acids is 1. The van der Waals surface area contributed by atoms with Crippen LogP contribution in [0.5, 0.6) is 0 Å². The van der Waals surface area contributed by atoms with Crippen molar-refractivity contribution < 1.29 is 9.53 Å². The smallest absolute Gasteiger partial charge is 0.224 e. The van der Waals surface area contributed by atoms with Crippen LogP contribution in [0.2, 0.25) is 0 Å². The van der Waals surface area contributed by atoms with Gasteiger partial charge in [0.05, 0.1) is 12.2 Å². The van der Waals surface area contributed by atoms with E-state index in [1.165, 1.54) is 12.8 Å². The third-order valence-corrected chi connectivity index (χ3v) is 3.12. The number of nitrogens with zero attached hydrogens (tertiary/aromatic N) is 1. The molecule has 0 unspecified atom stereocenters. The molecule has 2 fully saturated rings. The number of amides is 1. The molecule has 1 saturated heterocycles. The Balaban J connectivity index is 1.69. The third-order valence-electron chi connectivity index (χ3n) is 3.12. The van der Waals surface area contributed by atoms with Crippen LogP contribution in [0.4, 0.5) is 0 Å². The van der Waals surface area contributed by atoms with Gasteiger partial charge in [-0.05, 0) is 26.7 Å². The quantitative estimate of drug-likeness (QED) is 0.769. The molecular formula is C12H22N2O2. The predicted octanol–water partition coefficient (Wildman–Crippen LogP) is 0.764. The minimum Gasteiger partial charge on any atom is -0.372 e. The van der Waals surface area contributed by atoms with E-state index in [9.17, 15) is 4.79 Å². The Morgan fingerprint density at radius 3 is 2.50 bits per heavy atom. The first kappa shape index (κ1) is 11.9. The van der Waals surface area contributed by atoms with Crippen LogP contribution in [0.3, 0.4) is 0 Å². The lowest BCUT2D eigenvalue weighted by Gasteiger charge is -2.35. The second-order valence-corrected chi connectivity index (χ2v) is 5.03. The van der Waals surface area contributed by atoms with Crippen LogP contribution >= 0.6 is 0 Å². The second kappa shape index (κ2) is 5.15. The fraction of sp³-hybridized carbons (Fsp3) is 0.917. The van der Waals surface area contributed by atoms with Crippen LogP contribution in [-0.2, 0) is 9.53 Å². The summed E-state index contributed by atoms with van der Waals surface area (Å²) in [5.41, 5.74) is 0. The molecule has 0 aromatic carbocycles. The fourth-order valence-electron chi connectivity index (χ4n) is 2.21. The maximum atomic E-state index is 11.9. The molecule has 0 aromatic rings. The largest absolute Gasteiger partial charge is 0.372 e. The van der Waals surface area contributed by atoms with Gasteiger partial charge >= 0.3 is 0 Å². The Morgan fingerprint density at radius 1 is 1.31 bits per heavy atom. The molecule has 0 bridgehead atoms. The van der Waals surface area contributed by atoms with Gasteiger partial charge in [0.15, 0.2) is 0 Å². The molecule has 2 atom stereocenters. The lowest BCUT2D eigenvalue weighted by Crippen LogP contribution is -2.48. The van der Waals surface area contributed by atoms with Crippen molar-refractivity contribution in [1.82, 2.24) is 10.2 Å². The van der Waals surface area contributed by atoms with Crippen LogP contribution in [-0.4, -0.2) is 48.7 Å². The molecule has 1 aliphatic carbocycles. The molecule has 2 rings (SSSR count). The standard InChI is InChI=1S/C12H22N2O2/c1-9-7-14(8-10(2)16-9)12(15)5-6-13-11-3-4-11/h9-11,13H,3-8H2,1-2H3/t9-,10+. The van der Waals surface area contributed by atoms with E-state index < -0.39 is 0 Å². The van der Waals surface area contributed by atoms with Gasteiger partial charge in [-0.1, -0.05) is 0 Å². The average Bonchev–Trinajstić information content (AvgIpc) is 3.00. The van der Waals surface area contributed by atoms with Crippen molar-refractivity contribution in [2.24, 2.45) is 0 Å². The summed E-state index contributed by atoms with van der Waals surface area (Å²) in [6, 6.07) is 0.690. The average molecular weight is 226 g/mol. The summed E-state index contributed by atoms with van der Waals surface area (Å²) in [6.07, 6.45) is 3.52. The number of morpholine rings is 1. The lowest BCUT2D eigenvalue weighted by molar-refractivity contribution is -0.143. The predicted molar refractivity (Wildman–Crippen MR) is 62.2 cm³/mol. The molecule has 1 aliphatic heterocycles. The molecule has 0 spiro atoms. The Kier molecular flexibility index (Phi) is 3.82. The number of hydrogen-bond donors (Lipinski definition) is 1. The Hall–Kier alpha value is -0.610. The zero-order valence-electron chi connectivity index (χ0n) is 10.2. The van der Waals surface area contributed by atoms with E-state index in [0.29, 0.717) is 12.5 Å². The van der Waals surface area contributed by atoms with E-state index in [0.717, 1.165) is 19.6 Å². The molecule has 1 N–H and O–H groups in total. The summed E-state index contributed by atoms with van der Waals surface area (Å²) >= 11 is 0. The van der Waals surface area contributed by atoms with Gasteiger partial charge in [-0.3, -0.25) is 4.79 Å². The van der Waals surface area contributed by atoms with Crippen molar-refractivity contribution in [3.05, 3.63) is 0 Å². The summed E-state index contributed by atoms with van der Waals surface area (Å²) in [5, 5.41) is 3.37. The van der Waals surface area contributed by atoms with Crippen molar-refractivity contribution in [2.75, 3.05) is 19.6 Å². The highest BCUT2D eigenvalue weighted by Crippen LogP contribution is 2.18. The van der Waals surface area contributed by atoms with Gasteiger partial charge in [0.2, 0.25) is 5.91 Å². The number of hydrogen-bond acceptors (Lipinski definition) is 3. The first-order valence-electron chi connectivity index (χ1n) is 6.32. The van der Waals surface area contributed by atoms with Crippen LogP contribution in [0.25, 0.3) is 0 Å². The minimum absolute atomic E-state index is 0.170. The highest BCUT2D eigenvalue weighted by Gasteiger charge is 2.26. The normalized spacial score (nSPS) is 30.5. The number of nitrogens with one attached hydrogen (secondary N) is 1. The van der Waals surface area contributed by atoms with Crippen LogP contribution < -0.4 is 5.32 Å². The van der Waals surface area contributed by atoms with E-state index in [1.807, 2.05) is 18.7 Å². The fourth-order valence-corrected chi connectivity index (χ4v) is 2.21. The van der Waals surface area contributed by atoms with E-state index in [1.54, 1.807) is 0 Å². The van der Waals surface area contributed by atoms with Gasteiger partial charge in [0.25, 0.3) is 0 Å². The SMILES string of the molecule is C[C@@H]1CN(C(=O)CCNC2CC2)C[C@H](C)O1. The number of rotatable bonds is 4. The first-order valence-corrected chi connectivity index (χ1v) is 6.32. The lowest BCUT2D eigenvalue weighted by atomic mass is 10.2. The highest BCUT2D eigenvalue weighted by molar-refractivity contribution is 5.76. The Bertz CT molecular complexity index is 243. The Labute approximate surface area is 97.3 Å². The highest BCUT2D eigenvalue weighted by atomic mass is 16.5. The maximum Gasteiger partial charge on any atom is 0.224 e. The van der Waals surface area contributed by atoms with Gasteiger partial charge in [-0.2, -0.15) is 0 Å². The molecular weight excluding hydrogens is 204 g/mol. The molecule has 1 amide bonds. The summed E-state index contributed by atoms with van der Waals surface area (Å²) in [4.78, 5) is 13.9. The van der Waals surface area contributed by atoms with Crippen molar-refractivity contribution in [3.63, 3.8) is 0 Å².